The molecule has 0 unspecified atom stereocenters. The predicted molar refractivity (Wildman–Crippen MR) is 84.8 cm³/mol. The van der Waals surface area contributed by atoms with Gasteiger partial charge in [0.15, 0.2) is 0 Å². The van der Waals surface area contributed by atoms with Crippen LogP contribution in [0.3, 0.4) is 0 Å². The number of methoxy groups -OCH3 is 2. The Labute approximate surface area is 135 Å². The SMILES string of the molecule is COc1ccc(OC)c(CCC(=O)NC2(CC(=O)O)CCC2)c1. The van der Waals surface area contributed by atoms with Crippen molar-refractivity contribution in [3.63, 3.8) is 0 Å². The van der Waals surface area contributed by atoms with Crippen molar-refractivity contribution in [2.75, 3.05) is 14.2 Å². The van der Waals surface area contributed by atoms with Gasteiger partial charge in [-0.1, -0.05) is 0 Å². The maximum Gasteiger partial charge on any atom is 0.305 e. The number of benzene rings is 1. The Balaban J connectivity index is 1.95. The summed E-state index contributed by atoms with van der Waals surface area (Å²) >= 11 is 0. The van der Waals surface area contributed by atoms with Crippen LogP contribution < -0.4 is 14.8 Å². The molecule has 2 N–H and O–H groups in total. The van der Waals surface area contributed by atoms with Crippen molar-refractivity contribution < 1.29 is 24.2 Å². The first kappa shape index (κ1) is 17.1. The minimum atomic E-state index is -0.875. The zero-order valence-electron chi connectivity index (χ0n) is 13.6. The second-order valence-corrected chi connectivity index (χ2v) is 5.93. The zero-order valence-corrected chi connectivity index (χ0v) is 13.6. The van der Waals surface area contributed by atoms with Crippen LogP contribution >= 0.6 is 0 Å². The fraction of sp³-hybridized carbons (Fsp3) is 0.529. The molecule has 0 spiro atoms. The molecule has 0 saturated heterocycles. The number of carbonyl (C=O) groups excluding carboxylic acids is 1. The first-order chi connectivity index (χ1) is 11.0. The molecule has 1 aliphatic carbocycles. The molecular weight excluding hydrogens is 298 g/mol. The van der Waals surface area contributed by atoms with Crippen LogP contribution in [0.15, 0.2) is 18.2 Å². The first-order valence-electron chi connectivity index (χ1n) is 7.72. The second-order valence-electron chi connectivity index (χ2n) is 5.93. The molecule has 1 aliphatic rings. The average Bonchev–Trinajstić information content (AvgIpc) is 2.49. The molecule has 0 aliphatic heterocycles. The molecule has 6 heteroatoms. The molecule has 0 heterocycles. The minimum Gasteiger partial charge on any atom is -0.497 e. The number of carbonyl (C=O) groups is 2. The van der Waals surface area contributed by atoms with Gasteiger partial charge in [0, 0.05) is 6.42 Å². The standard InChI is InChI=1S/C17H23NO5/c1-22-13-5-6-14(23-2)12(10-13)4-7-15(19)18-17(8-3-9-17)11-16(20)21/h5-6,10H,3-4,7-9,11H2,1-2H3,(H,18,19)(H,20,21). The van der Waals surface area contributed by atoms with E-state index in [0.717, 1.165) is 24.8 Å². The molecule has 0 bridgehead atoms. The first-order valence-corrected chi connectivity index (χ1v) is 7.72. The molecule has 6 nitrogen and oxygen atoms in total. The van der Waals surface area contributed by atoms with Crippen molar-refractivity contribution in [2.24, 2.45) is 0 Å². The molecule has 1 amide bonds. The third-order valence-corrected chi connectivity index (χ3v) is 4.31. The molecule has 2 rings (SSSR count). The molecule has 1 aromatic rings. The van der Waals surface area contributed by atoms with Gasteiger partial charge in [-0.25, -0.2) is 0 Å². The van der Waals surface area contributed by atoms with Crippen molar-refractivity contribution in [3.8, 4) is 11.5 Å². The van der Waals surface area contributed by atoms with Gasteiger partial charge in [-0.3, -0.25) is 9.59 Å². The summed E-state index contributed by atoms with van der Waals surface area (Å²) in [5.41, 5.74) is 0.337. The topological polar surface area (TPSA) is 84.9 Å². The van der Waals surface area contributed by atoms with Crippen LogP contribution in [-0.4, -0.2) is 36.7 Å². The Hall–Kier alpha value is -2.24. The summed E-state index contributed by atoms with van der Waals surface area (Å²) in [7, 11) is 3.17. The maximum absolute atomic E-state index is 12.2. The number of carboxylic acid groups (broad SMARTS) is 1. The molecule has 0 radical (unpaired) electrons. The molecule has 0 aromatic heterocycles. The van der Waals surface area contributed by atoms with E-state index in [1.165, 1.54) is 0 Å². The summed E-state index contributed by atoms with van der Waals surface area (Å²) in [6.45, 7) is 0. The minimum absolute atomic E-state index is 0.0127. The van der Waals surface area contributed by atoms with Gasteiger partial charge >= 0.3 is 5.97 Å². The molecule has 23 heavy (non-hydrogen) atoms. The Morgan fingerprint density at radius 2 is 2.00 bits per heavy atom. The Kier molecular flexibility index (Phi) is 5.47. The number of rotatable bonds is 8. The Bertz CT molecular complexity index is 580. The van der Waals surface area contributed by atoms with E-state index < -0.39 is 11.5 Å². The number of carboxylic acids is 1. The number of ether oxygens (including phenoxy) is 2. The van der Waals surface area contributed by atoms with E-state index in [9.17, 15) is 9.59 Å². The third-order valence-electron chi connectivity index (χ3n) is 4.31. The highest BCUT2D eigenvalue weighted by Crippen LogP contribution is 2.35. The van der Waals surface area contributed by atoms with Gasteiger partial charge in [-0.2, -0.15) is 0 Å². The summed E-state index contributed by atoms with van der Waals surface area (Å²) in [4.78, 5) is 23.1. The highest BCUT2D eigenvalue weighted by atomic mass is 16.5. The largest absolute Gasteiger partial charge is 0.497 e. The van der Waals surface area contributed by atoms with Crippen LogP contribution in [0, 0.1) is 0 Å². The van der Waals surface area contributed by atoms with E-state index in [1.54, 1.807) is 20.3 Å². The van der Waals surface area contributed by atoms with Crippen LogP contribution in [0.25, 0.3) is 0 Å². The second kappa shape index (κ2) is 7.35. The molecule has 0 atom stereocenters. The summed E-state index contributed by atoms with van der Waals surface area (Å²) in [5, 5.41) is 11.9. The van der Waals surface area contributed by atoms with Crippen molar-refractivity contribution in [1.29, 1.82) is 0 Å². The van der Waals surface area contributed by atoms with Crippen molar-refractivity contribution in [1.82, 2.24) is 5.32 Å². The summed E-state index contributed by atoms with van der Waals surface area (Å²) < 4.78 is 10.5. The summed E-state index contributed by atoms with van der Waals surface area (Å²) in [6, 6.07) is 5.46. The van der Waals surface area contributed by atoms with Gasteiger partial charge in [-0.05, 0) is 49.4 Å². The fourth-order valence-corrected chi connectivity index (χ4v) is 2.92. The van der Waals surface area contributed by atoms with Crippen LogP contribution in [0.5, 0.6) is 11.5 Å². The lowest BCUT2D eigenvalue weighted by Gasteiger charge is -2.41. The number of aryl methyl sites for hydroxylation is 1. The van der Waals surface area contributed by atoms with Gasteiger partial charge < -0.3 is 19.9 Å². The monoisotopic (exact) mass is 321 g/mol. The van der Waals surface area contributed by atoms with E-state index in [2.05, 4.69) is 5.32 Å². The van der Waals surface area contributed by atoms with Crippen LogP contribution in [-0.2, 0) is 16.0 Å². The van der Waals surface area contributed by atoms with Gasteiger partial charge in [0.05, 0.1) is 26.2 Å². The van der Waals surface area contributed by atoms with Crippen LogP contribution in [0.2, 0.25) is 0 Å². The van der Waals surface area contributed by atoms with Gasteiger partial charge in [0.2, 0.25) is 5.91 Å². The number of hydrogen-bond donors (Lipinski definition) is 2. The van der Waals surface area contributed by atoms with E-state index >= 15 is 0 Å². The normalized spacial score (nSPS) is 15.4. The van der Waals surface area contributed by atoms with E-state index in [-0.39, 0.29) is 18.7 Å². The van der Waals surface area contributed by atoms with Crippen molar-refractivity contribution >= 4 is 11.9 Å². The van der Waals surface area contributed by atoms with E-state index in [1.807, 2.05) is 12.1 Å². The van der Waals surface area contributed by atoms with Gasteiger partial charge in [0.1, 0.15) is 11.5 Å². The number of aliphatic carboxylic acids is 1. The highest BCUT2D eigenvalue weighted by Gasteiger charge is 2.40. The molecule has 1 aromatic carbocycles. The number of hydrogen-bond acceptors (Lipinski definition) is 4. The maximum atomic E-state index is 12.2. The van der Waals surface area contributed by atoms with Gasteiger partial charge in [0.25, 0.3) is 0 Å². The van der Waals surface area contributed by atoms with E-state index in [0.29, 0.717) is 17.9 Å². The van der Waals surface area contributed by atoms with Crippen molar-refractivity contribution in [2.45, 2.75) is 44.1 Å². The van der Waals surface area contributed by atoms with Crippen LogP contribution in [0.4, 0.5) is 0 Å². The van der Waals surface area contributed by atoms with Crippen LogP contribution in [0.1, 0.15) is 37.7 Å². The lowest BCUT2D eigenvalue weighted by atomic mass is 9.74. The fourth-order valence-electron chi connectivity index (χ4n) is 2.92. The van der Waals surface area contributed by atoms with Crippen molar-refractivity contribution in [3.05, 3.63) is 23.8 Å². The highest BCUT2D eigenvalue weighted by molar-refractivity contribution is 5.79. The molecular formula is C17H23NO5. The third kappa shape index (κ3) is 4.37. The molecule has 1 fully saturated rings. The lowest BCUT2D eigenvalue weighted by Crippen LogP contribution is -2.54. The quantitative estimate of drug-likeness (QED) is 0.766. The number of nitrogens with one attached hydrogen (secondary N) is 1. The predicted octanol–water partition coefficient (Wildman–Crippen LogP) is 2.15. The Morgan fingerprint density at radius 3 is 2.52 bits per heavy atom. The summed E-state index contributed by atoms with van der Waals surface area (Å²) in [6.07, 6.45) is 3.19. The Morgan fingerprint density at radius 1 is 1.26 bits per heavy atom. The number of amides is 1. The molecule has 126 valence electrons. The van der Waals surface area contributed by atoms with E-state index in [4.69, 9.17) is 14.6 Å². The average molecular weight is 321 g/mol. The smallest absolute Gasteiger partial charge is 0.305 e. The lowest BCUT2D eigenvalue weighted by molar-refractivity contribution is -0.140. The van der Waals surface area contributed by atoms with Gasteiger partial charge in [-0.15, -0.1) is 0 Å². The zero-order chi connectivity index (χ0) is 16.9. The molecule has 1 saturated carbocycles. The summed E-state index contributed by atoms with van der Waals surface area (Å²) in [5.74, 6) is 0.417.